The summed E-state index contributed by atoms with van der Waals surface area (Å²) in [7, 11) is 0. The van der Waals surface area contributed by atoms with E-state index in [-0.39, 0.29) is 41.9 Å². The topological polar surface area (TPSA) is 79.5 Å². The van der Waals surface area contributed by atoms with Gasteiger partial charge in [0, 0.05) is 37.2 Å². The van der Waals surface area contributed by atoms with Crippen molar-refractivity contribution in [2.75, 3.05) is 19.6 Å². The minimum Gasteiger partial charge on any atom is -0.338 e. The second-order valence-electron chi connectivity index (χ2n) is 7.08. The number of aromatic nitrogens is 2. The normalized spacial score (nSPS) is 17.4. The molecule has 1 saturated heterocycles. The zero-order valence-corrected chi connectivity index (χ0v) is 15.7. The third-order valence-electron chi connectivity index (χ3n) is 4.61. The van der Waals surface area contributed by atoms with Gasteiger partial charge in [-0.2, -0.15) is 4.98 Å². The fourth-order valence-electron chi connectivity index (χ4n) is 3.15. The van der Waals surface area contributed by atoms with Crippen LogP contribution in [0.3, 0.4) is 0 Å². The Balaban J connectivity index is 1.61. The highest BCUT2D eigenvalue weighted by Gasteiger charge is 2.31. The first-order chi connectivity index (χ1) is 12.8. The molecule has 0 aliphatic carbocycles. The molecule has 1 aromatic heterocycles. The lowest BCUT2D eigenvalue weighted by Gasteiger charge is -2.40. The van der Waals surface area contributed by atoms with Crippen molar-refractivity contribution in [3.63, 3.8) is 0 Å². The monoisotopic (exact) mass is 374 g/mol. The van der Waals surface area contributed by atoms with Crippen molar-refractivity contribution < 1.29 is 18.5 Å². The van der Waals surface area contributed by atoms with Crippen molar-refractivity contribution in [1.29, 1.82) is 0 Å². The molecule has 1 aromatic carbocycles. The average molecular weight is 374 g/mol. The van der Waals surface area contributed by atoms with Crippen LogP contribution >= 0.6 is 0 Å². The third-order valence-corrected chi connectivity index (χ3v) is 4.61. The first-order valence-corrected chi connectivity index (χ1v) is 9.02. The molecule has 7 nitrogen and oxygen atoms in total. The Hall–Kier alpha value is -2.77. The lowest BCUT2D eigenvalue weighted by Crippen LogP contribution is -2.56. The fourth-order valence-corrected chi connectivity index (χ4v) is 3.15. The second kappa shape index (κ2) is 7.85. The molecule has 2 amide bonds. The summed E-state index contributed by atoms with van der Waals surface area (Å²) in [6.45, 7) is 7.17. The van der Waals surface area contributed by atoms with Crippen LogP contribution in [0, 0.1) is 11.7 Å². The molecule has 1 atom stereocenters. The van der Waals surface area contributed by atoms with Crippen LogP contribution in [0.5, 0.6) is 0 Å². The molecule has 8 heteroatoms. The summed E-state index contributed by atoms with van der Waals surface area (Å²) < 4.78 is 18.4. The van der Waals surface area contributed by atoms with Crippen LogP contribution in [0.1, 0.15) is 26.6 Å². The van der Waals surface area contributed by atoms with Gasteiger partial charge in [0.25, 0.3) is 5.89 Å². The minimum absolute atomic E-state index is 0.00363. The molecule has 0 bridgehead atoms. The molecule has 1 aliphatic rings. The highest BCUT2D eigenvalue weighted by molar-refractivity contribution is 5.80. The number of benzene rings is 1. The van der Waals surface area contributed by atoms with Crippen molar-refractivity contribution >= 4 is 11.8 Å². The number of amides is 2. The van der Waals surface area contributed by atoms with E-state index in [4.69, 9.17) is 4.52 Å². The van der Waals surface area contributed by atoms with Gasteiger partial charge in [-0.1, -0.05) is 25.1 Å². The second-order valence-corrected chi connectivity index (χ2v) is 7.08. The Labute approximate surface area is 157 Å². The molecule has 1 aliphatic heterocycles. The van der Waals surface area contributed by atoms with Crippen LogP contribution in [0.4, 0.5) is 4.39 Å². The Kier molecular flexibility index (Phi) is 5.53. The highest BCUT2D eigenvalue weighted by Crippen LogP contribution is 2.19. The fraction of sp³-hybridized carbons (Fsp3) is 0.474. The van der Waals surface area contributed by atoms with Gasteiger partial charge in [0.15, 0.2) is 5.82 Å². The summed E-state index contributed by atoms with van der Waals surface area (Å²) in [6.07, 6.45) is 0.00363. The van der Waals surface area contributed by atoms with Crippen molar-refractivity contribution in [1.82, 2.24) is 19.9 Å². The van der Waals surface area contributed by atoms with E-state index < -0.39 is 5.82 Å². The summed E-state index contributed by atoms with van der Waals surface area (Å²) in [5, 5.41) is 3.82. The summed E-state index contributed by atoms with van der Waals surface area (Å²) >= 11 is 0. The molecule has 27 heavy (non-hydrogen) atoms. The molecule has 1 unspecified atom stereocenters. The van der Waals surface area contributed by atoms with Gasteiger partial charge in [-0.15, -0.1) is 0 Å². The first-order valence-electron chi connectivity index (χ1n) is 9.02. The number of hydrogen-bond donors (Lipinski definition) is 0. The van der Waals surface area contributed by atoms with Crippen LogP contribution < -0.4 is 0 Å². The number of nitrogens with zero attached hydrogens (tertiary/aromatic N) is 4. The van der Waals surface area contributed by atoms with Crippen LogP contribution in [-0.4, -0.2) is 57.4 Å². The summed E-state index contributed by atoms with van der Waals surface area (Å²) in [5.74, 6) is -0.0374. The Morgan fingerprint density at radius 3 is 2.78 bits per heavy atom. The predicted molar refractivity (Wildman–Crippen MR) is 96.0 cm³/mol. The number of halogens is 1. The van der Waals surface area contributed by atoms with Gasteiger partial charge in [-0.3, -0.25) is 9.59 Å². The van der Waals surface area contributed by atoms with Gasteiger partial charge in [0.1, 0.15) is 5.82 Å². The molecule has 1 fully saturated rings. The molecule has 144 valence electrons. The highest BCUT2D eigenvalue weighted by atomic mass is 19.1. The molecule has 0 radical (unpaired) electrons. The van der Waals surface area contributed by atoms with E-state index in [0.717, 1.165) is 0 Å². The quantitative estimate of drug-likeness (QED) is 0.819. The van der Waals surface area contributed by atoms with Gasteiger partial charge >= 0.3 is 0 Å². The van der Waals surface area contributed by atoms with E-state index >= 15 is 0 Å². The largest absolute Gasteiger partial charge is 0.338 e. The van der Waals surface area contributed by atoms with Crippen LogP contribution in [0.15, 0.2) is 28.8 Å². The zero-order valence-electron chi connectivity index (χ0n) is 15.7. The lowest BCUT2D eigenvalue weighted by molar-refractivity contribution is -0.144. The molecule has 0 N–H and O–H groups in total. The van der Waals surface area contributed by atoms with Crippen molar-refractivity contribution in [3.8, 4) is 11.5 Å². The van der Waals surface area contributed by atoms with E-state index in [2.05, 4.69) is 10.1 Å². The summed E-state index contributed by atoms with van der Waals surface area (Å²) in [4.78, 5) is 32.5. The molecule has 3 rings (SSSR count). The van der Waals surface area contributed by atoms with Gasteiger partial charge in [-0.05, 0) is 25.1 Å². The van der Waals surface area contributed by atoms with Gasteiger partial charge in [0.05, 0.1) is 6.42 Å². The standard InChI is InChI=1S/C19H23FN4O3/c1-12(2)19(26)24-8-7-23(11-13(24)3)17(25)10-16-21-18(27-22-16)14-5-4-6-15(20)9-14/h4-6,9,12-13H,7-8,10-11H2,1-3H3. The molecule has 2 heterocycles. The first kappa shape index (κ1) is 19.0. The van der Waals surface area contributed by atoms with E-state index in [1.54, 1.807) is 17.0 Å². The van der Waals surface area contributed by atoms with E-state index in [1.165, 1.54) is 12.1 Å². The van der Waals surface area contributed by atoms with Crippen LogP contribution in [0.25, 0.3) is 11.5 Å². The average Bonchev–Trinajstić information content (AvgIpc) is 3.09. The van der Waals surface area contributed by atoms with E-state index in [1.807, 2.05) is 25.7 Å². The maximum Gasteiger partial charge on any atom is 0.258 e. The van der Waals surface area contributed by atoms with Gasteiger partial charge in [-0.25, -0.2) is 4.39 Å². The number of carbonyl (C=O) groups excluding carboxylic acids is 2. The molecular formula is C19H23FN4O3. The van der Waals surface area contributed by atoms with Crippen LogP contribution in [-0.2, 0) is 16.0 Å². The Bertz CT molecular complexity index is 836. The Morgan fingerprint density at radius 1 is 1.33 bits per heavy atom. The summed E-state index contributed by atoms with van der Waals surface area (Å²) in [5.41, 5.74) is 0.468. The van der Waals surface area contributed by atoms with E-state index in [9.17, 15) is 14.0 Å². The number of rotatable bonds is 4. The summed E-state index contributed by atoms with van der Waals surface area (Å²) in [6, 6.07) is 5.81. The van der Waals surface area contributed by atoms with E-state index in [0.29, 0.717) is 25.2 Å². The van der Waals surface area contributed by atoms with Crippen molar-refractivity contribution in [2.24, 2.45) is 5.92 Å². The molecule has 0 saturated carbocycles. The predicted octanol–water partition coefficient (Wildman–Crippen LogP) is 2.13. The molecule has 0 spiro atoms. The lowest BCUT2D eigenvalue weighted by atomic mass is 10.1. The minimum atomic E-state index is -0.397. The van der Waals surface area contributed by atoms with Crippen LogP contribution in [0.2, 0.25) is 0 Å². The smallest absolute Gasteiger partial charge is 0.258 e. The maximum atomic E-state index is 13.3. The molecule has 2 aromatic rings. The van der Waals surface area contributed by atoms with Gasteiger partial charge in [0.2, 0.25) is 11.8 Å². The van der Waals surface area contributed by atoms with Crippen molar-refractivity contribution in [3.05, 3.63) is 35.9 Å². The number of carbonyl (C=O) groups is 2. The third kappa shape index (κ3) is 4.32. The maximum absolute atomic E-state index is 13.3. The van der Waals surface area contributed by atoms with Gasteiger partial charge < -0.3 is 14.3 Å². The SMILES string of the molecule is CC(C)C(=O)N1CCN(C(=O)Cc2noc(-c3cccc(F)c3)n2)CC1C. The zero-order chi connectivity index (χ0) is 19.6. The molecular weight excluding hydrogens is 351 g/mol. The van der Waals surface area contributed by atoms with Crippen molar-refractivity contribution in [2.45, 2.75) is 33.2 Å². The number of piperazine rings is 1. The number of hydrogen-bond acceptors (Lipinski definition) is 5. The Morgan fingerprint density at radius 2 is 2.11 bits per heavy atom.